The zero-order chi connectivity index (χ0) is 17.8. The number of anilines is 1. The molecule has 2 heterocycles. The Morgan fingerprint density at radius 3 is 2.76 bits per heavy atom. The third kappa shape index (κ3) is 4.04. The van der Waals surface area contributed by atoms with Gasteiger partial charge in [-0.3, -0.25) is 4.79 Å². The number of amides is 1. The van der Waals surface area contributed by atoms with E-state index in [-0.39, 0.29) is 12.5 Å². The molecular weight excluding hydrogens is 344 g/mol. The first-order chi connectivity index (χ1) is 12.0. The Balaban J connectivity index is 1.63. The molecule has 1 amide bonds. The van der Waals surface area contributed by atoms with Gasteiger partial charge in [-0.2, -0.15) is 4.68 Å². The lowest BCUT2D eigenvalue weighted by Crippen LogP contribution is -2.19. The SMILES string of the molecule is CCc1ccc(-c2csc(NC(=O)Cn3cnc([N+](=O)[O-])n3)n2)cc1. The average molecular weight is 358 g/mol. The molecule has 0 aliphatic heterocycles. The van der Waals surface area contributed by atoms with Crippen molar-refractivity contribution in [3.05, 3.63) is 51.7 Å². The number of carbonyl (C=O) groups excluding carboxylic acids is 1. The molecule has 2 aromatic heterocycles. The van der Waals surface area contributed by atoms with Gasteiger partial charge in [-0.15, -0.1) is 11.3 Å². The second-order valence-corrected chi connectivity index (χ2v) is 5.99. The van der Waals surface area contributed by atoms with Gasteiger partial charge in [0, 0.05) is 16.0 Å². The molecule has 3 rings (SSSR count). The van der Waals surface area contributed by atoms with E-state index in [9.17, 15) is 14.9 Å². The van der Waals surface area contributed by atoms with Crippen LogP contribution in [0.1, 0.15) is 12.5 Å². The zero-order valence-electron chi connectivity index (χ0n) is 13.2. The van der Waals surface area contributed by atoms with Gasteiger partial charge in [0.1, 0.15) is 6.54 Å². The molecule has 1 aromatic carbocycles. The number of nitro groups is 1. The molecule has 0 saturated carbocycles. The second kappa shape index (κ2) is 7.18. The number of benzene rings is 1. The van der Waals surface area contributed by atoms with Gasteiger partial charge in [0.15, 0.2) is 5.13 Å². The highest BCUT2D eigenvalue weighted by molar-refractivity contribution is 7.14. The van der Waals surface area contributed by atoms with E-state index < -0.39 is 10.9 Å². The minimum absolute atomic E-state index is 0.180. The number of carbonyl (C=O) groups is 1. The first-order valence-corrected chi connectivity index (χ1v) is 8.31. The van der Waals surface area contributed by atoms with E-state index in [1.807, 2.05) is 29.6 Å². The summed E-state index contributed by atoms with van der Waals surface area (Å²) in [5, 5.41) is 19.1. The molecule has 3 aromatic rings. The van der Waals surface area contributed by atoms with E-state index in [0.29, 0.717) is 5.13 Å². The van der Waals surface area contributed by atoms with Crippen molar-refractivity contribution in [2.45, 2.75) is 19.9 Å². The third-order valence-corrected chi connectivity index (χ3v) is 4.16. The largest absolute Gasteiger partial charge is 0.490 e. The lowest BCUT2D eigenvalue weighted by molar-refractivity contribution is -0.394. The van der Waals surface area contributed by atoms with Crippen molar-refractivity contribution in [1.82, 2.24) is 19.7 Å². The van der Waals surface area contributed by atoms with Gasteiger partial charge < -0.3 is 15.4 Å². The summed E-state index contributed by atoms with van der Waals surface area (Å²) >= 11 is 1.31. The van der Waals surface area contributed by atoms with Gasteiger partial charge in [0.25, 0.3) is 0 Å². The summed E-state index contributed by atoms with van der Waals surface area (Å²) in [6, 6.07) is 8.08. The molecule has 0 aliphatic rings. The molecule has 128 valence electrons. The highest BCUT2D eigenvalue weighted by atomic mass is 32.1. The minimum atomic E-state index is -0.717. The molecule has 25 heavy (non-hydrogen) atoms. The van der Waals surface area contributed by atoms with Crippen LogP contribution in [-0.2, 0) is 17.8 Å². The van der Waals surface area contributed by atoms with Gasteiger partial charge >= 0.3 is 5.95 Å². The second-order valence-electron chi connectivity index (χ2n) is 5.14. The fourth-order valence-corrected chi connectivity index (χ4v) is 2.86. The monoisotopic (exact) mass is 358 g/mol. The lowest BCUT2D eigenvalue weighted by Gasteiger charge is -2.00. The standard InChI is InChI=1S/C15H14N6O3S/c1-2-10-3-5-11(6-4-10)12-8-25-15(17-12)18-13(22)7-20-9-16-14(19-20)21(23)24/h3-6,8-9H,2,7H2,1H3,(H,17,18,22). The smallest absolute Gasteiger partial charge is 0.390 e. The van der Waals surface area contributed by atoms with Crippen LogP contribution in [0, 0.1) is 10.1 Å². The molecule has 0 bridgehead atoms. The highest BCUT2D eigenvalue weighted by Crippen LogP contribution is 2.25. The van der Waals surface area contributed by atoms with Crippen LogP contribution in [0.25, 0.3) is 11.3 Å². The van der Waals surface area contributed by atoms with Gasteiger partial charge in [-0.1, -0.05) is 36.2 Å². The Kier molecular flexibility index (Phi) is 4.80. The first-order valence-electron chi connectivity index (χ1n) is 7.43. The van der Waals surface area contributed by atoms with E-state index in [1.165, 1.54) is 16.9 Å². The number of thiazole rings is 1. The molecule has 0 atom stereocenters. The van der Waals surface area contributed by atoms with E-state index in [2.05, 4.69) is 27.3 Å². The van der Waals surface area contributed by atoms with Crippen LogP contribution >= 0.6 is 11.3 Å². The molecule has 0 fully saturated rings. The Morgan fingerprint density at radius 1 is 1.36 bits per heavy atom. The summed E-state index contributed by atoms with van der Waals surface area (Å²) in [6.07, 6.45) is 2.11. The predicted octanol–water partition coefficient (Wildman–Crippen LogP) is 2.51. The summed E-state index contributed by atoms with van der Waals surface area (Å²) in [5.74, 6) is -0.929. The molecule has 1 N–H and O–H groups in total. The van der Waals surface area contributed by atoms with Crippen molar-refractivity contribution in [3.8, 4) is 11.3 Å². The number of nitrogens with zero attached hydrogens (tertiary/aromatic N) is 5. The third-order valence-electron chi connectivity index (χ3n) is 3.40. The van der Waals surface area contributed by atoms with Crippen molar-refractivity contribution in [2.24, 2.45) is 0 Å². The van der Waals surface area contributed by atoms with Crippen LogP contribution in [0.3, 0.4) is 0 Å². The number of hydrogen-bond acceptors (Lipinski definition) is 7. The Hall–Kier alpha value is -3.14. The molecule has 0 aliphatic carbocycles. The molecule has 0 saturated heterocycles. The van der Waals surface area contributed by atoms with Crippen molar-refractivity contribution in [2.75, 3.05) is 5.32 Å². The fraction of sp³-hybridized carbons (Fsp3) is 0.200. The Labute approximate surface area is 146 Å². The van der Waals surface area contributed by atoms with E-state index in [0.717, 1.165) is 28.7 Å². The summed E-state index contributed by atoms with van der Waals surface area (Å²) in [6.45, 7) is 1.91. The van der Waals surface area contributed by atoms with Gasteiger partial charge in [-0.05, 0) is 16.9 Å². The number of aromatic nitrogens is 4. The topological polar surface area (TPSA) is 116 Å². The summed E-state index contributed by atoms with van der Waals surface area (Å²) in [7, 11) is 0. The van der Waals surface area contributed by atoms with Crippen LogP contribution in [0.5, 0.6) is 0 Å². The maximum absolute atomic E-state index is 12.0. The van der Waals surface area contributed by atoms with Crippen molar-refractivity contribution in [1.29, 1.82) is 0 Å². The molecule has 10 heteroatoms. The quantitative estimate of drug-likeness (QED) is 0.534. The number of nitrogens with one attached hydrogen (secondary N) is 1. The van der Waals surface area contributed by atoms with Crippen molar-refractivity contribution >= 4 is 28.3 Å². The average Bonchev–Trinajstić information content (AvgIpc) is 3.24. The van der Waals surface area contributed by atoms with Crippen LogP contribution in [0.15, 0.2) is 36.0 Å². The maximum Gasteiger partial charge on any atom is 0.490 e. The molecular formula is C15H14N6O3S. The predicted molar refractivity (Wildman–Crippen MR) is 92.2 cm³/mol. The molecule has 0 spiro atoms. The van der Waals surface area contributed by atoms with Crippen molar-refractivity contribution in [3.63, 3.8) is 0 Å². The van der Waals surface area contributed by atoms with E-state index in [4.69, 9.17) is 0 Å². The number of rotatable bonds is 6. The summed E-state index contributed by atoms with van der Waals surface area (Å²) in [5.41, 5.74) is 3.00. The number of hydrogen-bond donors (Lipinski definition) is 1. The summed E-state index contributed by atoms with van der Waals surface area (Å²) in [4.78, 5) is 29.7. The van der Waals surface area contributed by atoms with Crippen LogP contribution in [-0.4, -0.2) is 30.6 Å². The highest BCUT2D eigenvalue weighted by Gasteiger charge is 2.16. The molecule has 9 nitrogen and oxygen atoms in total. The maximum atomic E-state index is 12.0. The minimum Gasteiger partial charge on any atom is -0.390 e. The number of aryl methyl sites for hydroxylation is 1. The molecule has 0 radical (unpaired) electrons. The zero-order valence-corrected chi connectivity index (χ0v) is 14.1. The first kappa shape index (κ1) is 16.7. The van der Waals surface area contributed by atoms with Gasteiger partial charge in [0.05, 0.1) is 5.69 Å². The van der Waals surface area contributed by atoms with Crippen LogP contribution in [0.4, 0.5) is 11.1 Å². The van der Waals surface area contributed by atoms with Crippen LogP contribution in [0.2, 0.25) is 0 Å². The van der Waals surface area contributed by atoms with Crippen molar-refractivity contribution < 1.29 is 9.72 Å². The van der Waals surface area contributed by atoms with E-state index >= 15 is 0 Å². The van der Waals surface area contributed by atoms with Gasteiger partial charge in [-0.25, -0.2) is 4.98 Å². The van der Waals surface area contributed by atoms with E-state index in [1.54, 1.807) is 0 Å². The fourth-order valence-electron chi connectivity index (χ4n) is 2.13. The van der Waals surface area contributed by atoms with Crippen LogP contribution < -0.4 is 5.32 Å². The Morgan fingerprint density at radius 2 is 2.12 bits per heavy atom. The summed E-state index contributed by atoms with van der Waals surface area (Å²) < 4.78 is 1.10. The molecule has 0 unspecified atom stereocenters. The Bertz CT molecular complexity index is 902. The normalized spacial score (nSPS) is 10.6. The van der Waals surface area contributed by atoms with Gasteiger partial charge in [0.2, 0.25) is 12.2 Å². The lowest BCUT2D eigenvalue weighted by atomic mass is 10.1.